The summed E-state index contributed by atoms with van der Waals surface area (Å²) in [6.07, 6.45) is 3.50. The Morgan fingerprint density at radius 2 is 1.74 bits per heavy atom. The van der Waals surface area contributed by atoms with Gasteiger partial charge in [0.25, 0.3) is 0 Å². The molecule has 0 saturated carbocycles. The van der Waals surface area contributed by atoms with Crippen molar-refractivity contribution in [1.29, 1.82) is 0 Å². The van der Waals surface area contributed by atoms with Crippen LogP contribution in [0.1, 0.15) is 0 Å². The van der Waals surface area contributed by atoms with Crippen LogP contribution in [0.25, 0.3) is 0 Å². The summed E-state index contributed by atoms with van der Waals surface area (Å²) in [5, 5.41) is 4.79. The van der Waals surface area contributed by atoms with Gasteiger partial charge in [-0.1, -0.05) is 29.3 Å². The van der Waals surface area contributed by atoms with Crippen LogP contribution in [0, 0.1) is 0 Å². The maximum absolute atomic E-state index is 6.18. The zero-order valence-electron chi connectivity index (χ0n) is 12.2. The summed E-state index contributed by atoms with van der Waals surface area (Å²) in [4.78, 5) is 12.8. The van der Waals surface area contributed by atoms with E-state index < -0.39 is 0 Å². The highest BCUT2D eigenvalue weighted by Gasteiger charge is 2.21. The summed E-state index contributed by atoms with van der Waals surface area (Å²) in [6, 6.07) is 7.25. The Labute approximate surface area is 150 Å². The highest BCUT2D eigenvalue weighted by Crippen LogP contribution is 2.29. The lowest BCUT2D eigenvalue weighted by Crippen LogP contribution is -2.50. The fourth-order valence-corrected chi connectivity index (χ4v) is 3.00. The Balaban J connectivity index is 1.59. The predicted octanol–water partition coefficient (Wildman–Crippen LogP) is 3.30. The van der Waals surface area contributed by atoms with Crippen LogP contribution in [0.2, 0.25) is 10.0 Å². The van der Waals surface area contributed by atoms with E-state index in [2.05, 4.69) is 25.1 Å². The van der Waals surface area contributed by atoms with Gasteiger partial charge in [0.1, 0.15) is 0 Å². The van der Waals surface area contributed by atoms with E-state index in [1.54, 1.807) is 18.5 Å². The molecule has 1 aromatic carbocycles. The molecule has 2 aromatic rings. The first-order valence-corrected chi connectivity index (χ1v) is 8.33. The zero-order valence-corrected chi connectivity index (χ0v) is 14.6. The highest BCUT2D eigenvalue weighted by molar-refractivity contribution is 7.80. The molecule has 1 fully saturated rings. The van der Waals surface area contributed by atoms with Crippen molar-refractivity contribution in [2.45, 2.75) is 0 Å². The summed E-state index contributed by atoms with van der Waals surface area (Å²) in [7, 11) is 0. The Bertz CT molecular complexity index is 690. The SMILES string of the molecule is S=C(Nc1cccc(Cl)c1Cl)N1CCN(c2ncccn2)CC1. The lowest BCUT2D eigenvalue weighted by Gasteiger charge is -2.36. The number of rotatable bonds is 2. The summed E-state index contributed by atoms with van der Waals surface area (Å²) in [5.41, 5.74) is 0.720. The second-order valence-corrected chi connectivity index (χ2v) is 6.23. The Hall–Kier alpha value is -1.63. The molecule has 5 nitrogen and oxygen atoms in total. The number of aromatic nitrogens is 2. The number of nitrogens with one attached hydrogen (secondary N) is 1. The van der Waals surface area contributed by atoms with Crippen LogP contribution in [0.15, 0.2) is 36.7 Å². The minimum Gasteiger partial charge on any atom is -0.345 e. The van der Waals surface area contributed by atoms with Gasteiger partial charge in [0.05, 0.1) is 15.7 Å². The number of piperazine rings is 1. The van der Waals surface area contributed by atoms with Crippen molar-refractivity contribution in [3.63, 3.8) is 0 Å². The molecule has 1 N–H and O–H groups in total. The third-order valence-electron chi connectivity index (χ3n) is 3.60. The highest BCUT2D eigenvalue weighted by atomic mass is 35.5. The van der Waals surface area contributed by atoms with Crippen LogP contribution in [0.5, 0.6) is 0 Å². The standard InChI is InChI=1S/C15H15Cl2N5S/c16-11-3-1-4-12(13(11)17)20-15(23)22-9-7-21(8-10-22)14-18-5-2-6-19-14/h1-6H,7-10H2,(H,20,23). The van der Waals surface area contributed by atoms with E-state index in [9.17, 15) is 0 Å². The van der Waals surface area contributed by atoms with Crippen molar-refractivity contribution in [3.8, 4) is 0 Å². The van der Waals surface area contributed by atoms with E-state index in [-0.39, 0.29) is 0 Å². The van der Waals surface area contributed by atoms with Crippen LogP contribution in [-0.4, -0.2) is 46.2 Å². The molecule has 0 unspecified atom stereocenters. The zero-order chi connectivity index (χ0) is 16.2. The molecular weight excluding hydrogens is 353 g/mol. The van der Waals surface area contributed by atoms with E-state index in [0.29, 0.717) is 15.2 Å². The minimum absolute atomic E-state index is 0.479. The van der Waals surface area contributed by atoms with E-state index >= 15 is 0 Å². The maximum Gasteiger partial charge on any atom is 0.225 e. The predicted molar refractivity (Wildman–Crippen MR) is 98.5 cm³/mol. The Kier molecular flexibility index (Phi) is 5.15. The molecular formula is C15H15Cl2N5S. The molecule has 0 radical (unpaired) electrons. The molecule has 120 valence electrons. The van der Waals surface area contributed by atoms with Crippen LogP contribution >= 0.6 is 35.4 Å². The normalized spacial score (nSPS) is 14.7. The second kappa shape index (κ2) is 7.29. The molecule has 0 amide bonds. The molecule has 3 rings (SSSR count). The van der Waals surface area contributed by atoms with E-state index in [1.807, 2.05) is 18.2 Å². The molecule has 1 aromatic heterocycles. The van der Waals surface area contributed by atoms with Crippen LogP contribution in [0.3, 0.4) is 0 Å². The summed E-state index contributed by atoms with van der Waals surface area (Å²) >= 11 is 17.7. The molecule has 0 bridgehead atoms. The lowest BCUT2D eigenvalue weighted by molar-refractivity contribution is 0.388. The van der Waals surface area contributed by atoms with Gasteiger partial charge in [-0.2, -0.15) is 0 Å². The van der Waals surface area contributed by atoms with Crippen molar-refractivity contribution in [3.05, 3.63) is 46.7 Å². The monoisotopic (exact) mass is 367 g/mol. The second-order valence-electron chi connectivity index (χ2n) is 5.05. The van der Waals surface area contributed by atoms with E-state index in [0.717, 1.165) is 37.8 Å². The smallest absolute Gasteiger partial charge is 0.225 e. The molecule has 8 heteroatoms. The van der Waals surface area contributed by atoms with Gasteiger partial charge in [-0.05, 0) is 30.4 Å². The van der Waals surface area contributed by atoms with Gasteiger partial charge in [0.15, 0.2) is 5.11 Å². The molecule has 1 aliphatic heterocycles. The van der Waals surface area contributed by atoms with Gasteiger partial charge in [0, 0.05) is 38.6 Å². The molecule has 1 saturated heterocycles. The first kappa shape index (κ1) is 16.2. The lowest BCUT2D eigenvalue weighted by atomic mass is 10.3. The quantitative estimate of drug-likeness (QED) is 0.821. The fourth-order valence-electron chi connectivity index (χ4n) is 2.36. The number of benzene rings is 1. The van der Waals surface area contributed by atoms with Gasteiger partial charge in [-0.3, -0.25) is 0 Å². The fraction of sp³-hybridized carbons (Fsp3) is 0.267. The minimum atomic E-state index is 0.479. The topological polar surface area (TPSA) is 44.3 Å². The maximum atomic E-state index is 6.18. The average Bonchev–Trinajstić information content (AvgIpc) is 2.60. The van der Waals surface area contributed by atoms with Crippen LogP contribution < -0.4 is 10.2 Å². The molecule has 1 aliphatic rings. The number of nitrogens with zero attached hydrogens (tertiary/aromatic N) is 4. The first-order valence-electron chi connectivity index (χ1n) is 7.17. The average molecular weight is 368 g/mol. The van der Waals surface area contributed by atoms with E-state index in [4.69, 9.17) is 35.4 Å². The van der Waals surface area contributed by atoms with Gasteiger partial charge < -0.3 is 15.1 Å². The third-order valence-corrected chi connectivity index (χ3v) is 4.77. The molecule has 0 aliphatic carbocycles. The summed E-state index contributed by atoms with van der Waals surface area (Å²) < 4.78 is 0. The van der Waals surface area contributed by atoms with Gasteiger partial charge in [-0.25, -0.2) is 9.97 Å². The Morgan fingerprint density at radius 1 is 1.04 bits per heavy atom. The van der Waals surface area contributed by atoms with Gasteiger partial charge in [-0.15, -0.1) is 0 Å². The summed E-state index contributed by atoms with van der Waals surface area (Å²) in [6.45, 7) is 3.22. The third kappa shape index (κ3) is 3.83. The van der Waals surface area contributed by atoms with Gasteiger partial charge >= 0.3 is 0 Å². The van der Waals surface area contributed by atoms with Crippen molar-refractivity contribution in [2.24, 2.45) is 0 Å². The van der Waals surface area contributed by atoms with Gasteiger partial charge in [0.2, 0.25) is 5.95 Å². The van der Waals surface area contributed by atoms with Crippen molar-refractivity contribution in [2.75, 3.05) is 36.4 Å². The number of halogens is 2. The number of hydrogen-bond acceptors (Lipinski definition) is 4. The summed E-state index contributed by atoms with van der Waals surface area (Å²) in [5.74, 6) is 0.754. The van der Waals surface area contributed by atoms with Crippen molar-refractivity contribution < 1.29 is 0 Å². The van der Waals surface area contributed by atoms with Crippen molar-refractivity contribution >= 4 is 52.2 Å². The largest absolute Gasteiger partial charge is 0.345 e. The molecule has 0 spiro atoms. The first-order chi connectivity index (χ1) is 11.1. The molecule has 23 heavy (non-hydrogen) atoms. The number of hydrogen-bond donors (Lipinski definition) is 1. The van der Waals surface area contributed by atoms with Crippen LogP contribution in [-0.2, 0) is 0 Å². The molecule has 2 heterocycles. The molecule has 0 atom stereocenters. The Morgan fingerprint density at radius 3 is 2.43 bits per heavy atom. The van der Waals surface area contributed by atoms with Crippen molar-refractivity contribution in [1.82, 2.24) is 14.9 Å². The van der Waals surface area contributed by atoms with E-state index in [1.165, 1.54) is 0 Å². The number of anilines is 2. The van der Waals surface area contributed by atoms with Crippen LogP contribution in [0.4, 0.5) is 11.6 Å². The number of thiocarbonyl (C=S) groups is 1.